The van der Waals surface area contributed by atoms with Gasteiger partial charge in [-0.15, -0.1) is 0 Å². The smallest absolute Gasteiger partial charge is 0.298 e. The Hall–Kier alpha value is -1.74. The van der Waals surface area contributed by atoms with E-state index in [1.807, 2.05) is 0 Å². The van der Waals surface area contributed by atoms with Gasteiger partial charge in [-0.3, -0.25) is 4.79 Å². The lowest BCUT2D eigenvalue weighted by molar-refractivity contribution is -0.174. The Morgan fingerprint density at radius 1 is 0.700 bits per heavy atom. The topological polar surface area (TPSA) is 17.1 Å². The van der Waals surface area contributed by atoms with Gasteiger partial charge in [0.25, 0.3) is 0 Å². The fourth-order valence-corrected chi connectivity index (χ4v) is 1.55. The number of hydrogen-bond acceptors (Lipinski definition) is 1. The van der Waals surface area contributed by atoms with E-state index in [0.29, 0.717) is 0 Å². The van der Waals surface area contributed by atoms with Gasteiger partial charge in [-0.25, -0.2) is 0 Å². The highest BCUT2D eigenvalue weighted by Crippen LogP contribution is 2.47. The Labute approximate surface area is 105 Å². The number of carbonyl (C=O) groups is 1. The van der Waals surface area contributed by atoms with Crippen molar-refractivity contribution in [1.29, 1.82) is 0 Å². The zero-order valence-corrected chi connectivity index (χ0v) is 9.04. The number of rotatable bonds is 1. The number of halogens is 9. The minimum Gasteiger partial charge on any atom is -0.298 e. The molecule has 0 N–H and O–H groups in total. The summed E-state index contributed by atoms with van der Waals surface area (Å²) in [6, 6.07) is -0.157. The molecule has 0 fully saturated rings. The molecule has 0 heterocycles. The third-order valence-electron chi connectivity index (χ3n) is 2.24. The van der Waals surface area contributed by atoms with E-state index in [9.17, 15) is 44.3 Å². The maximum atomic E-state index is 12.6. The lowest BCUT2D eigenvalue weighted by Crippen LogP contribution is -2.24. The zero-order chi connectivity index (χ0) is 15.9. The van der Waals surface area contributed by atoms with Gasteiger partial charge in [0.15, 0.2) is 6.29 Å². The van der Waals surface area contributed by atoms with Gasteiger partial charge in [0.2, 0.25) is 0 Å². The number of hydrogen-bond donors (Lipinski definition) is 0. The minimum absolute atomic E-state index is 0.0495. The van der Waals surface area contributed by atoms with Crippen molar-refractivity contribution in [3.63, 3.8) is 0 Å². The van der Waals surface area contributed by atoms with Crippen LogP contribution in [0.2, 0.25) is 0 Å². The van der Waals surface area contributed by atoms with Crippen LogP contribution < -0.4 is 0 Å². The van der Waals surface area contributed by atoms with Crippen LogP contribution >= 0.6 is 0 Å². The third-order valence-corrected chi connectivity index (χ3v) is 2.24. The molecule has 0 amide bonds. The highest BCUT2D eigenvalue weighted by Gasteiger charge is 2.51. The molecular formula is C10H3F9O. The Morgan fingerprint density at radius 3 is 1.45 bits per heavy atom. The summed E-state index contributed by atoms with van der Waals surface area (Å²) < 4.78 is 113. The standard InChI is InChI=1S/C10H3F9O/c11-8(12,13)5-2-1-4(3-20)6(9(14,15)16)7(5)10(17,18)19/h1-3H. The Morgan fingerprint density at radius 2 is 1.15 bits per heavy atom. The van der Waals surface area contributed by atoms with Gasteiger partial charge in [-0.05, 0) is 6.07 Å². The van der Waals surface area contributed by atoms with Crippen molar-refractivity contribution >= 4 is 6.29 Å². The van der Waals surface area contributed by atoms with E-state index in [4.69, 9.17) is 0 Å². The summed E-state index contributed by atoms with van der Waals surface area (Å²) in [4.78, 5) is 10.4. The van der Waals surface area contributed by atoms with Crippen molar-refractivity contribution in [3.8, 4) is 0 Å². The molecule has 10 heteroatoms. The van der Waals surface area contributed by atoms with Crippen LogP contribution in [0.25, 0.3) is 0 Å². The normalized spacial score (nSPS) is 13.4. The van der Waals surface area contributed by atoms with Crippen molar-refractivity contribution in [1.82, 2.24) is 0 Å². The summed E-state index contributed by atoms with van der Waals surface area (Å²) in [5.74, 6) is 0. The molecule has 0 aliphatic heterocycles. The summed E-state index contributed by atoms with van der Waals surface area (Å²) in [5.41, 5.74) is -9.57. The van der Waals surface area contributed by atoms with Crippen LogP contribution in [0, 0.1) is 0 Å². The molecule has 0 saturated heterocycles. The summed E-state index contributed by atoms with van der Waals surface area (Å²) in [6.07, 6.45) is -17.9. The van der Waals surface area contributed by atoms with Gasteiger partial charge in [0.05, 0.1) is 16.7 Å². The Bertz CT molecular complexity index is 521. The largest absolute Gasteiger partial charge is 0.417 e. The molecule has 1 rings (SSSR count). The second-order valence-electron chi connectivity index (χ2n) is 3.56. The van der Waals surface area contributed by atoms with Gasteiger partial charge in [-0.2, -0.15) is 39.5 Å². The molecule has 1 aromatic carbocycles. The second-order valence-corrected chi connectivity index (χ2v) is 3.56. The van der Waals surface area contributed by atoms with Crippen LogP contribution in [-0.4, -0.2) is 6.29 Å². The molecule has 1 aromatic rings. The molecular weight excluding hydrogens is 307 g/mol. The lowest BCUT2D eigenvalue weighted by Gasteiger charge is -2.21. The summed E-state index contributed by atoms with van der Waals surface area (Å²) in [6.45, 7) is 0. The van der Waals surface area contributed by atoms with Gasteiger partial charge in [-0.1, -0.05) is 6.07 Å². The third kappa shape index (κ3) is 3.05. The first kappa shape index (κ1) is 16.3. The highest BCUT2D eigenvalue weighted by atomic mass is 19.4. The summed E-state index contributed by atoms with van der Waals surface area (Å²) in [5, 5.41) is 0. The van der Waals surface area contributed by atoms with E-state index in [0.717, 1.165) is 0 Å². The van der Waals surface area contributed by atoms with Crippen molar-refractivity contribution in [2.24, 2.45) is 0 Å². The summed E-state index contributed by atoms with van der Waals surface area (Å²) in [7, 11) is 0. The number of aldehydes is 1. The highest BCUT2D eigenvalue weighted by molar-refractivity contribution is 5.79. The maximum Gasteiger partial charge on any atom is 0.417 e. The first-order chi connectivity index (χ1) is 8.80. The molecule has 0 bridgehead atoms. The van der Waals surface area contributed by atoms with Crippen molar-refractivity contribution in [2.45, 2.75) is 18.5 Å². The van der Waals surface area contributed by atoms with Gasteiger partial charge >= 0.3 is 18.5 Å². The molecule has 1 nitrogen and oxygen atoms in total. The first-order valence-corrected chi connectivity index (χ1v) is 4.64. The number of carbonyl (C=O) groups excluding carboxylic acids is 1. The summed E-state index contributed by atoms with van der Waals surface area (Å²) >= 11 is 0. The average Bonchev–Trinajstić information content (AvgIpc) is 2.23. The van der Waals surface area contributed by atoms with Gasteiger partial charge in [0.1, 0.15) is 0 Å². The van der Waals surface area contributed by atoms with Crippen molar-refractivity contribution < 1.29 is 44.3 Å². The zero-order valence-electron chi connectivity index (χ0n) is 9.04. The second kappa shape index (κ2) is 4.67. The van der Waals surface area contributed by atoms with Crippen LogP contribution in [0.15, 0.2) is 12.1 Å². The van der Waals surface area contributed by atoms with E-state index in [2.05, 4.69) is 0 Å². The molecule has 0 aliphatic carbocycles. The Balaban J connectivity index is 3.91. The number of alkyl halides is 9. The van der Waals surface area contributed by atoms with E-state index >= 15 is 0 Å². The fraction of sp³-hybridized carbons (Fsp3) is 0.300. The quantitative estimate of drug-likeness (QED) is 0.549. The molecule has 0 aromatic heterocycles. The molecule has 0 spiro atoms. The first-order valence-electron chi connectivity index (χ1n) is 4.64. The fourth-order valence-electron chi connectivity index (χ4n) is 1.55. The SMILES string of the molecule is O=Cc1ccc(C(F)(F)F)c(C(F)(F)F)c1C(F)(F)F. The molecule has 112 valence electrons. The molecule has 0 atom stereocenters. The van der Waals surface area contributed by atoms with Crippen LogP contribution in [0.3, 0.4) is 0 Å². The van der Waals surface area contributed by atoms with Crippen LogP contribution in [0.5, 0.6) is 0 Å². The van der Waals surface area contributed by atoms with Crippen molar-refractivity contribution in [2.75, 3.05) is 0 Å². The van der Waals surface area contributed by atoms with Gasteiger partial charge in [0, 0.05) is 5.56 Å². The lowest BCUT2D eigenvalue weighted by atomic mass is 9.95. The van der Waals surface area contributed by atoms with Crippen LogP contribution in [-0.2, 0) is 18.5 Å². The minimum atomic E-state index is -5.92. The number of benzene rings is 1. The van der Waals surface area contributed by atoms with E-state index in [1.54, 1.807) is 0 Å². The molecule has 0 saturated carbocycles. The van der Waals surface area contributed by atoms with E-state index < -0.39 is 47.1 Å². The van der Waals surface area contributed by atoms with E-state index in [-0.39, 0.29) is 12.1 Å². The van der Waals surface area contributed by atoms with Crippen molar-refractivity contribution in [3.05, 3.63) is 34.4 Å². The van der Waals surface area contributed by atoms with E-state index in [1.165, 1.54) is 0 Å². The average molecular weight is 310 g/mol. The molecule has 0 aliphatic rings. The molecule has 0 radical (unpaired) electrons. The van der Waals surface area contributed by atoms with Crippen LogP contribution in [0.1, 0.15) is 27.0 Å². The maximum absolute atomic E-state index is 12.6. The monoisotopic (exact) mass is 310 g/mol. The molecule has 20 heavy (non-hydrogen) atoms. The molecule has 0 unspecified atom stereocenters. The predicted octanol–water partition coefficient (Wildman–Crippen LogP) is 4.56. The predicted molar refractivity (Wildman–Crippen MR) is 46.8 cm³/mol. The van der Waals surface area contributed by atoms with Crippen LogP contribution in [0.4, 0.5) is 39.5 Å². The Kier molecular flexibility index (Phi) is 3.81. The van der Waals surface area contributed by atoms with Gasteiger partial charge < -0.3 is 0 Å².